The molecule has 0 bridgehead atoms. The van der Waals surface area contributed by atoms with Crippen LogP contribution in [0.1, 0.15) is 5.56 Å². The Bertz CT molecular complexity index is 850. The van der Waals surface area contributed by atoms with Gasteiger partial charge in [-0.2, -0.15) is 5.10 Å². The summed E-state index contributed by atoms with van der Waals surface area (Å²) in [5.74, 6) is -0.343. The minimum Gasteiger partial charge on any atom is -0.359 e. The SMILES string of the molecule is Cc1c(Nc2cc(F)c3[nH]ccc3c2)cnn(C)c1=O. The Balaban J connectivity index is 2.05. The van der Waals surface area contributed by atoms with Gasteiger partial charge in [0.05, 0.1) is 17.4 Å². The molecule has 0 radical (unpaired) electrons. The van der Waals surface area contributed by atoms with E-state index in [1.54, 1.807) is 32.4 Å². The fraction of sp³-hybridized carbons (Fsp3) is 0.143. The van der Waals surface area contributed by atoms with Crippen LogP contribution in [0.15, 0.2) is 35.4 Å². The van der Waals surface area contributed by atoms with E-state index in [0.29, 0.717) is 22.5 Å². The van der Waals surface area contributed by atoms with Crippen LogP contribution in [-0.4, -0.2) is 14.8 Å². The Morgan fingerprint density at radius 3 is 3.00 bits per heavy atom. The zero-order valence-electron chi connectivity index (χ0n) is 11.1. The number of fused-ring (bicyclic) bond motifs is 1. The summed E-state index contributed by atoms with van der Waals surface area (Å²) >= 11 is 0. The second-order valence-corrected chi connectivity index (χ2v) is 4.64. The summed E-state index contributed by atoms with van der Waals surface area (Å²) in [7, 11) is 1.59. The predicted octanol–water partition coefficient (Wildman–Crippen LogP) is 2.45. The molecule has 102 valence electrons. The summed E-state index contributed by atoms with van der Waals surface area (Å²) in [6, 6.07) is 4.99. The summed E-state index contributed by atoms with van der Waals surface area (Å²) in [5.41, 5.74) is 1.97. The van der Waals surface area contributed by atoms with Gasteiger partial charge in [-0.05, 0) is 25.1 Å². The quantitative estimate of drug-likeness (QED) is 0.753. The van der Waals surface area contributed by atoms with Gasteiger partial charge >= 0.3 is 0 Å². The molecule has 0 fully saturated rings. The molecule has 5 nitrogen and oxygen atoms in total. The van der Waals surface area contributed by atoms with Gasteiger partial charge in [0.1, 0.15) is 5.82 Å². The molecule has 0 saturated heterocycles. The van der Waals surface area contributed by atoms with E-state index in [2.05, 4.69) is 15.4 Å². The van der Waals surface area contributed by atoms with E-state index >= 15 is 0 Å². The van der Waals surface area contributed by atoms with Crippen LogP contribution in [0.3, 0.4) is 0 Å². The van der Waals surface area contributed by atoms with Gasteiger partial charge in [-0.1, -0.05) is 0 Å². The Labute approximate surface area is 114 Å². The first-order valence-electron chi connectivity index (χ1n) is 6.13. The highest BCUT2D eigenvalue weighted by Gasteiger charge is 2.08. The molecule has 2 aromatic heterocycles. The zero-order valence-corrected chi connectivity index (χ0v) is 11.1. The first-order valence-corrected chi connectivity index (χ1v) is 6.13. The monoisotopic (exact) mass is 272 g/mol. The molecule has 0 aliphatic rings. The third kappa shape index (κ3) is 1.95. The smallest absolute Gasteiger partial charge is 0.271 e. The molecule has 0 spiro atoms. The number of rotatable bonds is 2. The molecule has 20 heavy (non-hydrogen) atoms. The average Bonchev–Trinajstić information content (AvgIpc) is 2.88. The van der Waals surface area contributed by atoms with Crippen molar-refractivity contribution in [3.8, 4) is 0 Å². The maximum Gasteiger partial charge on any atom is 0.271 e. The van der Waals surface area contributed by atoms with Crippen molar-refractivity contribution < 1.29 is 4.39 Å². The zero-order chi connectivity index (χ0) is 14.3. The Hall–Kier alpha value is -2.63. The third-order valence-electron chi connectivity index (χ3n) is 3.27. The van der Waals surface area contributed by atoms with E-state index in [4.69, 9.17) is 0 Å². The van der Waals surface area contributed by atoms with Gasteiger partial charge in [-0.15, -0.1) is 0 Å². The molecule has 2 heterocycles. The lowest BCUT2D eigenvalue weighted by Gasteiger charge is -2.10. The average molecular weight is 272 g/mol. The fourth-order valence-electron chi connectivity index (χ4n) is 2.13. The van der Waals surface area contributed by atoms with Crippen molar-refractivity contribution in [3.63, 3.8) is 0 Å². The summed E-state index contributed by atoms with van der Waals surface area (Å²) in [4.78, 5) is 14.6. The van der Waals surface area contributed by atoms with E-state index in [-0.39, 0.29) is 11.4 Å². The van der Waals surface area contributed by atoms with E-state index < -0.39 is 0 Å². The van der Waals surface area contributed by atoms with Gasteiger partial charge in [0.2, 0.25) is 0 Å². The second-order valence-electron chi connectivity index (χ2n) is 4.64. The molecule has 0 saturated carbocycles. The molecular formula is C14H13FN4O. The molecule has 0 amide bonds. The first kappa shape index (κ1) is 12.4. The van der Waals surface area contributed by atoms with Crippen molar-refractivity contribution >= 4 is 22.3 Å². The van der Waals surface area contributed by atoms with Crippen LogP contribution in [0.5, 0.6) is 0 Å². The second kappa shape index (κ2) is 4.48. The third-order valence-corrected chi connectivity index (χ3v) is 3.27. The Kier molecular flexibility index (Phi) is 2.78. The summed E-state index contributed by atoms with van der Waals surface area (Å²) in [6.07, 6.45) is 3.23. The standard InChI is InChI=1S/C14H13FN4O/c1-8-12(7-17-19(2)14(8)20)18-10-5-9-3-4-16-13(9)11(15)6-10/h3-7,16,18H,1-2H3. The molecule has 0 aliphatic carbocycles. The molecule has 6 heteroatoms. The first-order chi connectivity index (χ1) is 9.56. The normalized spacial score (nSPS) is 10.9. The van der Waals surface area contributed by atoms with Gasteiger partial charge < -0.3 is 10.3 Å². The maximum atomic E-state index is 13.9. The number of H-pyrrole nitrogens is 1. The number of hydrogen-bond acceptors (Lipinski definition) is 3. The number of aryl methyl sites for hydroxylation is 1. The fourth-order valence-corrected chi connectivity index (χ4v) is 2.13. The van der Waals surface area contributed by atoms with Gasteiger partial charge in [0.25, 0.3) is 5.56 Å². The van der Waals surface area contributed by atoms with Crippen LogP contribution in [0.2, 0.25) is 0 Å². The number of benzene rings is 1. The van der Waals surface area contributed by atoms with Crippen LogP contribution < -0.4 is 10.9 Å². The van der Waals surface area contributed by atoms with Crippen molar-refractivity contribution in [3.05, 3.63) is 52.3 Å². The number of anilines is 2. The number of nitrogens with one attached hydrogen (secondary N) is 2. The lowest BCUT2D eigenvalue weighted by molar-refractivity contribution is 0.638. The van der Waals surface area contributed by atoms with Crippen molar-refractivity contribution in [1.29, 1.82) is 0 Å². The number of hydrogen-bond donors (Lipinski definition) is 2. The molecule has 0 aliphatic heterocycles. The van der Waals surface area contributed by atoms with Gasteiger partial charge in [0, 0.05) is 29.9 Å². The van der Waals surface area contributed by atoms with E-state index in [1.165, 1.54) is 10.7 Å². The Morgan fingerprint density at radius 2 is 2.20 bits per heavy atom. The molecule has 1 aromatic carbocycles. The van der Waals surface area contributed by atoms with Crippen molar-refractivity contribution in [2.75, 3.05) is 5.32 Å². The van der Waals surface area contributed by atoms with Crippen LogP contribution in [-0.2, 0) is 7.05 Å². The molecule has 0 atom stereocenters. The highest BCUT2D eigenvalue weighted by atomic mass is 19.1. The van der Waals surface area contributed by atoms with Crippen LogP contribution in [0.4, 0.5) is 15.8 Å². The predicted molar refractivity (Wildman–Crippen MR) is 75.8 cm³/mol. The molecule has 3 aromatic rings. The summed E-state index contributed by atoms with van der Waals surface area (Å²) in [5, 5.41) is 7.75. The minimum atomic E-state index is -0.343. The number of halogens is 1. The molecule has 0 unspecified atom stereocenters. The van der Waals surface area contributed by atoms with Crippen molar-refractivity contribution in [1.82, 2.24) is 14.8 Å². The van der Waals surface area contributed by atoms with E-state index in [0.717, 1.165) is 5.39 Å². The van der Waals surface area contributed by atoms with Crippen LogP contribution >= 0.6 is 0 Å². The lowest BCUT2D eigenvalue weighted by atomic mass is 10.2. The highest BCUT2D eigenvalue weighted by Crippen LogP contribution is 2.24. The largest absolute Gasteiger partial charge is 0.359 e. The van der Waals surface area contributed by atoms with Gasteiger partial charge in [-0.3, -0.25) is 4.79 Å². The van der Waals surface area contributed by atoms with Crippen molar-refractivity contribution in [2.45, 2.75) is 6.92 Å². The molecular weight excluding hydrogens is 259 g/mol. The summed E-state index contributed by atoms with van der Waals surface area (Å²) < 4.78 is 15.1. The van der Waals surface area contributed by atoms with Crippen LogP contribution in [0, 0.1) is 12.7 Å². The topological polar surface area (TPSA) is 62.7 Å². The maximum absolute atomic E-state index is 13.9. The van der Waals surface area contributed by atoms with Crippen LogP contribution in [0.25, 0.3) is 10.9 Å². The summed E-state index contributed by atoms with van der Waals surface area (Å²) in [6.45, 7) is 1.71. The number of nitrogens with zero attached hydrogens (tertiary/aromatic N) is 2. The lowest BCUT2D eigenvalue weighted by Crippen LogP contribution is -2.22. The Morgan fingerprint density at radius 1 is 1.40 bits per heavy atom. The van der Waals surface area contributed by atoms with Gasteiger partial charge in [-0.25, -0.2) is 9.07 Å². The van der Waals surface area contributed by atoms with Gasteiger partial charge in [0.15, 0.2) is 0 Å². The van der Waals surface area contributed by atoms with E-state index in [9.17, 15) is 9.18 Å². The van der Waals surface area contributed by atoms with E-state index in [1.807, 2.05) is 6.07 Å². The molecule has 3 rings (SSSR count). The highest BCUT2D eigenvalue weighted by molar-refractivity contribution is 5.84. The number of aromatic nitrogens is 3. The van der Waals surface area contributed by atoms with Crippen molar-refractivity contribution in [2.24, 2.45) is 7.05 Å². The number of aromatic amines is 1. The minimum absolute atomic E-state index is 0.182. The molecule has 2 N–H and O–H groups in total.